The minimum absolute atomic E-state index is 0.846. The molecule has 10 aromatic carbocycles. The van der Waals surface area contributed by atoms with Crippen molar-refractivity contribution in [2.24, 2.45) is 0 Å². The lowest BCUT2D eigenvalue weighted by Gasteiger charge is -2.14. The Morgan fingerprint density at radius 1 is 0.290 bits per heavy atom. The summed E-state index contributed by atoms with van der Waals surface area (Å²) in [5, 5.41) is 9.54. The number of fused-ring (bicyclic) bond motifs is 13. The summed E-state index contributed by atoms with van der Waals surface area (Å²) in [6.45, 7) is 0. The molecule has 0 spiro atoms. The second-order valence-electron chi connectivity index (χ2n) is 16.2. The molecule has 4 nitrogen and oxygen atoms in total. The first kappa shape index (κ1) is 34.5. The lowest BCUT2D eigenvalue weighted by atomic mass is 9.98. The maximum absolute atomic E-state index is 5.35. The van der Waals surface area contributed by atoms with Crippen molar-refractivity contribution in [3.63, 3.8) is 0 Å². The van der Waals surface area contributed by atoms with Gasteiger partial charge in [0.05, 0.1) is 45.0 Å². The van der Waals surface area contributed by atoms with E-state index in [9.17, 15) is 0 Å². The third kappa shape index (κ3) is 5.20. The topological polar surface area (TPSA) is 35.6 Å². The van der Waals surface area contributed by atoms with Gasteiger partial charge in [-0.15, -0.1) is 0 Å². The Labute approximate surface area is 357 Å². The number of para-hydroxylation sites is 2. The van der Waals surface area contributed by atoms with Crippen LogP contribution in [0.3, 0.4) is 0 Å². The normalized spacial score (nSPS) is 11.9. The van der Waals surface area contributed by atoms with Crippen molar-refractivity contribution < 1.29 is 0 Å². The molecule has 0 saturated carbocycles. The first-order valence-corrected chi connectivity index (χ1v) is 21.2. The lowest BCUT2D eigenvalue weighted by Crippen LogP contribution is -1.97. The summed E-state index contributed by atoms with van der Waals surface area (Å²) in [6, 6.07) is 76.6. The van der Waals surface area contributed by atoms with Crippen molar-refractivity contribution in [2.45, 2.75) is 0 Å². The largest absolute Gasteiger partial charge is 0.309 e. The van der Waals surface area contributed by atoms with Gasteiger partial charge in [-0.1, -0.05) is 158 Å². The fourth-order valence-electron chi connectivity index (χ4n) is 9.98. The molecule has 0 amide bonds. The molecule has 13 aromatic rings. The zero-order valence-corrected chi connectivity index (χ0v) is 33.6. The van der Waals surface area contributed by atoms with Crippen LogP contribution in [0.4, 0.5) is 0 Å². The molecular formula is C58H36N4. The molecule has 0 aliphatic carbocycles. The van der Waals surface area contributed by atoms with E-state index in [0.717, 1.165) is 55.5 Å². The van der Waals surface area contributed by atoms with Crippen LogP contribution in [0.15, 0.2) is 219 Å². The van der Waals surface area contributed by atoms with E-state index in [4.69, 9.17) is 9.97 Å². The van der Waals surface area contributed by atoms with Crippen molar-refractivity contribution in [1.29, 1.82) is 0 Å². The number of aromatic nitrogens is 4. The molecular weight excluding hydrogens is 753 g/mol. The van der Waals surface area contributed by atoms with Crippen LogP contribution in [0, 0.1) is 0 Å². The second kappa shape index (κ2) is 13.6. The standard InChI is InChI=1S/C58H36N4/c1-3-16-37(17-4-1)40-32-41(38-18-5-2-6-19-38)35-43(34-40)62-52-29-14-12-27-49(52)56-54(62)31-30-53-55(56)48-26-11-13-28-51(48)61(53)42-21-15-20-39(33-42)50-36-59-57-46-24-9-7-22-44(46)45-23-8-10-25-47(45)58(57)60-50/h1-36H. The number of benzene rings is 10. The average Bonchev–Trinajstić information content (AvgIpc) is 3.87. The minimum Gasteiger partial charge on any atom is -0.309 e. The van der Waals surface area contributed by atoms with Crippen LogP contribution in [0.5, 0.6) is 0 Å². The molecule has 0 atom stereocenters. The summed E-state index contributed by atoms with van der Waals surface area (Å²) >= 11 is 0. The van der Waals surface area contributed by atoms with Crippen LogP contribution in [-0.4, -0.2) is 19.1 Å². The highest BCUT2D eigenvalue weighted by molar-refractivity contribution is 6.29. The number of hydrogen-bond acceptors (Lipinski definition) is 2. The molecule has 0 radical (unpaired) electrons. The summed E-state index contributed by atoms with van der Waals surface area (Å²) in [5.41, 5.74) is 15.3. The van der Waals surface area contributed by atoms with E-state index < -0.39 is 0 Å². The zero-order chi connectivity index (χ0) is 40.7. The Bertz CT molecular complexity index is 3820. The van der Waals surface area contributed by atoms with E-state index in [2.05, 4.69) is 221 Å². The number of nitrogens with zero attached hydrogens (tertiary/aromatic N) is 4. The Morgan fingerprint density at radius 3 is 1.32 bits per heavy atom. The van der Waals surface area contributed by atoms with Crippen molar-refractivity contribution in [1.82, 2.24) is 19.1 Å². The molecule has 0 aliphatic rings. The van der Waals surface area contributed by atoms with Crippen LogP contribution in [0.1, 0.15) is 0 Å². The Kier molecular flexibility index (Phi) is 7.57. The molecule has 4 heteroatoms. The molecule has 0 unspecified atom stereocenters. The van der Waals surface area contributed by atoms with Gasteiger partial charge in [0.25, 0.3) is 0 Å². The zero-order valence-electron chi connectivity index (χ0n) is 33.6. The van der Waals surface area contributed by atoms with Crippen LogP contribution in [-0.2, 0) is 0 Å². The highest BCUT2D eigenvalue weighted by Crippen LogP contribution is 2.44. The van der Waals surface area contributed by atoms with Gasteiger partial charge >= 0.3 is 0 Å². The fraction of sp³-hybridized carbons (Fsp3) is 0. The third-order valence-electron chi connectivity index (χ3n) is 12.7. The highest BCUT2D eigenvalue weighted by atomic mass is 15.0. The second-order valence-corrected chi connectivity index (χ2v) is 16.2. The maximum atomic E-state index is 5.35. The van der Waals surface area contributed by atoms with Gasteiger partial charge in [0.2, 0.25) is 0 Å². The molecule has 3 aromatic heterocycles. The molecule has 0 bridgehead atoms. The monoisotopic (exact) mass is 788 g/mol. The number of rotatable bonds is 5. The van der Waals surface area contributed by atoms with Crippen molar-refractivity contribution in [3.05, 3.63) is 219 Å². The van der Waals surface area contributed by atoms with Gasteiger partial charge in [0, 0.05) is 49.3 Å². The van der Waals surface area contributed by atoms with Gasteiger partial charge < -0.3 is 9.13 Å². The first-order chi connectivity index (χ1) is 30.8. The third-order valence-corrected chi connectivity index (χ3v) is 12.7. The van der Waals surface area contributed by atoms with Crippen LogP contribution in [0.2, 0.25) is 0 Å². The van der Waals surface area contributed by atoms with Crippen LogP contribution < -0.4 is 0 Å². The molecule has 0 N–H and O–H groups in total. The van der Waals surface area contributed by atoms with E-state index in [0.29, 0.717) is 0 Å². The number of hydrogen-bond donors (Lipinski definition) is 0. The van der Waals surface area contributed by atoms with Crippen molar-refractivity contribution in [3.8, 4) is 44.9 Å². The summed E-state index contributed by atoms with van der Waals surface area (Å²) in [5.74, 6) is 0. The van der Waals surface area contributed by atoms with E-state index in [1.807, 2.05) is 6.20 Å². The quantitative estimate of drug-likeness (QED) is 0.163. The predicted octanol–water partition coefficient (Wildman–Crippen LogP) is 15.1. The summed E-state index contributed by atoms with van der Waals surface area (Å²) < 4.78 is 4.88. The highest BCUT2D eigenvalue weighted by Gasteiger charge is 2.22. The lowest BCUT2D eigenvalue weighted by molar-refractivity contribution is 1.17. The van der Waals surface area contributed by atoms with E-state index in [1.54, 1.807) is 0 Å². The predicted molar refractivity (Wildman–Crippen MR) is 260 cm³/mol. The Hall–Kier alpha value is -8.34. The van der Waals surface area contributed by atoms with Gasteiger partial charge in [-0.3, -0.25) is 4.98 Å². The Balaban J connectivity index is 1.03. The minimum atomic E-state index is 0.846. The summed E-state index contributed by atoms with van der Waals surface area (Å²) in [4.78, 5) is 10.4. The van der Waals surface area contributed by atoms with E-state index in [1.165, 1.54) is 65.6 Å². The van der Waals surface area contributed by atoms with E-state index in [-0.39, 0.29) is 0 Å². The van der Waals surface area contributed by atoms with Gasteiger partial charge in [-0.05, 0) is 87.6 Å². The smallest absolute Gasteiger partial charge is 0.0979 e. The molecule has 62 heavy (non-hydrogen) atoms. The van der Waals surface area contributed by atoms with Gasteiger partial charge in [-0.25, -0.2) is 4.98 Å². The summed E-state index contributed by atoms with van der Waals surface area (Å²) in [7, 11) is 0. The van der Waals surface area contributed by atoms with Gasteiger partial charge in [0.1, 0.15) is 0 Å². The molecule has 0 aliphatic heterocycles. The molecule has 13 rings (SSSR count). The van der Waals surface area contributed by atoms with Crippen molar-refractivity contribution >= 4 is 76.2 Å². The van der Waals surface area contributed by atoms with Crippen molar-refractivity contribution in [2.75, 3.05) is 0 Å². The molecule has 288 valence electrons. The molecule has 3 heterocycles. The van der Waals surface area contributed by atoms with Crippen LogP contribution >= 0.6 is 0 Å². The molecule has 0 fully saturated rings. The van der Waals surface area contributed by atoms with Gasteiger partial charge in [-0.2, -0.15) is 0 Å². The summed E-state index contributed by atoms with van der Waals surface area (Å²) in [6.07, 6.45) is 1.93. The van der Waals surface area contributed by atoms with E-state index >= 15 is 0 Å². The van der Waals surface area contributed by atoms with Gasteiger partial charge in [0.15, 0.2) is 0 Å². The Morgan fingerprint density at radius 2 is 0.742 bits per heavy atom. The fourth-order valence-corrected chi connectivity index (χ4v) is 9.98. The molecule has 0 saturated heterocycles. The SMILES string of the molecule is c1ccc(-c2cc(-c3ccccc3)cc(-n3c4ccccc4c4c5c6ccccc6n(-c6cccc(-c7cnc8c9ccccc9c9ccccc9c8n7)c6)c5ccc43)c2)cc1. The first-order valence-electron chi connectivity index (χ1n) is 21.2. The average molecular weight is 789 g/mol. The maximum Gasteiger partial charge on any atom is 0.0979 e. The van der Waals surface area contributed by atoms with Crippen LogP contribution in [0.25, 0.3) is 121 Å².